The van der Waals surface area contributed by atoms with Crippen LogP contribution in [0.15, 0.2) is 42.5 Å². The van der Waals surface area contributed by atoms with E-state index in [9.17, 15) is 14.4 Å². The number of amides is 3. The van der Waals surface area contributed by atoms with Crippen molar-refractivity contribution in [3.63, 3.8) is 0 Å². The number of aryl methyl sites for hydroxylation is 1. The molecular formula is C29H32N4O4. The van der Waals surface area contributed by atoms with Gasteiger partial charge in [0, 0.05) is 68.9 Å². The Kier molecular flexibility index (Phi) is 6.37. The van der Waals surface area contributed by atoms with Crippen LogP contribution in [0.4, 0.5) is 22.7 Å². The highest BCUT2D eigenvalue weighted by Gasteiger charge is 2.36. The molecule has 5 rings (SSSR count). The van der Waals surface area contributed by atoms with Crippen molar-refractivity contribution in [2.45, 2.75) is 25.9 Å². The van der Waals surface area contributed by atoms with E-state index in [1.165, 1.54) is 9.80 Å². The highest BCUT2D eigenvalue weighted by Crippen LogP contribution is 2.41. The van der Waals surface area contributed by atoms with Crippen LogP contribution >= 0.6 is 0 Å². The molecule has 0 unspecified atom stereocenters. The number of anilines is 4. The number of hydrogen-bond donors (Lipinski definition) is 0. The van der Waals surface area contributed by atoms with E-state index < -0.39 is 0 Å². The summed E-state index contributed by atoms with van der Waals surface area (Å²) in [6.45, 7) is 3.57. The third-order valence-corrected chi connectivity index (χ3v) is 7.55. The van der Waals surface area contributed by atoms with Gasteiger partial charge in [0.25, 0.3) is 11.8 Å². The lowest BCUT2D eigenvalue weighted by molar-refractivity contribution is -0.107. The molecule has 2 aliphatic heterocycles. The molecule has 0 radical (unpaired) electrons. The monoisotopic (exact) mass is 500 g/mol. The Morgan fingerprint density at radius 2 is 1.59 bits per heavy atom. The summed E-state index contributed by atoms with van der Waals surface area (Å²) in [5.74, 6) is -0.690. The molecule has 0 bridgehead atoms. The van der Waals surface area contributed by atoms with Crippen LogP contribution in [0.1, 0.15) is 39.1 Å². The summed E-state index contributed by atoms with van der Waals surface area (Å²) in [7, 11) is 7.16. The second-order valence-electron chi connectivity index (χ2n) is 9.97. The molecule has 2 aliphatic rings. The predicted molar refractivity (Wildman–Crippen MR) is 147 cm³/mol. The Morgan fingerprint density at radius 3 is 2.22 bits per heavy atom. The van der Waals surface area contributed by atoms with Crippen LogP contribution in [0.3, 0.4) is 0 Å². The van der Waals surface area contributed by atoms with E-state index >= 15 is 0 Å². The van der Waals surface area contributed by atoms with E-state index in [1.54, 1.807) is 26.3 Å². The molecule has 3 aromatic rings. The minimum atomic E-state index is -0.345. The Hall–Kier alpha value is -3.91. The molecule has 8 heteroatoms. The highest BCUT2D eigenvalue weighted by molar-refractivity contribution is 6.36. The molecule has 0 N–H and O–H groups in total. The molecule has 0 atom stereocenters. The van der Waals surface area contributed by atoms with Crippen molar-refractivity contribution in [1.29, 1.82) is 0 Å². The molecule has 37 heavy (non-hydrogen) atoms. The van der Waals surface area contributed by atoms with Gasteiger partial charge in [0.05, 0.1) is 23.2 Å². The Labute approximate surface area is 217 Å². The molecule has 1 saturated heterocycles. The van der Waals surface area contributed by atoms with Gasteiger partial charge in [-0.2, -0.15) is 0 Å². The average Bonchev–Trinajstić information content (AvgIpc) is 2.91. The van der Waals surface area contributed by atoms with E-state index in [1.807, 2.05) is 56.3 Å². The second-order valence-corrected chi connectivity index (χ2v) is 9.97. The standard InChI is InChI=1S/C29H32N4O4/c1-18-15-26(31(4)17-34)25(30(2)3)16-24(18)33-28(35)21-8-6-7-20-23(10-9-22(27(20)21)29(33)36)32-13-11-19(37-5)12-14-32/h6-10,15-17,19H,11-14H2,1-5H3. The van der Waals surface area contributed by atoms with Crippen LogP contribution in [-0.2, 0) is 9.53 Å². The summed E-state index contributed by atoms with van der Waals surface area (Å²) in [5.41, 5.74) is 4.73. The number of nitrogens with zero attached hydrogens (tertiary/aromatic N) is 4. The molecule has 0 aliphatic carbocycles. The molecule has 2 heterocycles. The van der Waals surface area contributed by atoms with Crippen LogP contribution in [0.5, 0.6) is 0 Å². The van der Waals surface area contributed by atoms with Crippen molar-refractivity contribution in [1.82, 2.24) is 0 Å². The smallest absolute Gasteiger partial charge is 0.265 e. The first-order valence-corrected chi connectivity index (χ1v) is 12.5. The fraction of sp³-hybridized carbons (Fsp3) is 0.345. The number of carbonyl (C=O) groups is 3. The Morgan fingerprint density at radius 1 is 0.919 bits per heavy atom. The molecule has 0 aromatic heterocycles. The highest BCUT2D eigenvalue weighted by atomic mass is 16.5. The van der Waals surface area contributed by atoms with Gasteiger partial charge in [0.15, 0.2) is 0 Å². The summed E-state index contributed by atoms with van der Waals surface area (Å²) in [4.78, 5) is 46.2. The molecule has 8 nitrogen and oxygen atoms in total. The van der Waals surface area contributed by atoms with E-state index in [0.717, 1.165) is 54.7 Å². The van der Waals surface area contributed by atoms with Gasteiger partial charge in [0.2, 0.25) is 6.41 Å². The number of carbonyl (C=O) groups excluding carboxylic acids is 3. The van der Waals surface area contributed by atoms with Crippen LogP contribution in [-0.4, -0.2) is 65.7 Å². The third-order valence-electron chi connectivity index (χ3n) is 7.55. The zero-order valence-electron chi connectivity index (χ0n) is 21.9. The number of methoxy groups -OCH3 is 1. The fourth-order valence-corrected chi connectivity index (χ4v) is 5.52. The second kappa shape index (κ2) is 9.52. The van der Waals surface area contributed by atoms with Crippen molar-refractivity contribution in [2.75, 3.05) is 60.9 Å². The maximum Gasteiger partial charge on any atom is 0.265 e. The normalized spacial score (nSPS) is 15.9. The van der Waals surface area contributed by atoms with Gasteiger partial charge in [-0.3, -0.25) is 14.4 Å². The van der Waals surface area contributed by atoms with Crippen LogP contribution in [0.25, 0.3) is 10.8 Å². The lowest BCUT2D eigenvalue weighted by atomic mass is 9.91. The van der Waals surface area contributed by atoms with Gasteiger partial charge in [-0.15, -0.1) is 0 Å². The summed E-state index contributed by atoms with van der Waals surface area (Å²) in [6.07, 6.45) is 2.88. The summed E-state index contributed by atoms with van der Waals surface area (Å²) >= 11 is 0. The molecule has 3 aromatic carbocycles. The van der Waals surface area contributed by atoms with E-state index in [2.05, 4.69) is 4.90 Å². The van der Waals surface area contributed by atoms with Gasteiger partial charge in [-0.25, -0.2) is 4.90 Å². The lowest BCUT2D eigenvalue weighted by Gasteiger charge is -2.35. The Balaban J connectivity index is 1.61. The third kappa shape index (κ3) is 4.01. The fourth-order valence-electron chi connectivity index (χ4n) is 5.52. The predicted octanol–water partition coefficient (Wildman–Crippen LogP) is 4.22. The molecule has 1 fully saturated rings. The van der Waals surface area contributed by atoms with Crippen LogP contribution in [0, 0.1) is 6.92 Å². The zero-order chi connectivity index (χ0) is 26.4. The molecule has 192 valence electrons. The molecule has 0 saturated carbocycles. The van der Waals surface area contributed by atoms with Crippen molar-refractivity contribution < 1.29 is 19.1 Å². The van der Waals surface area contributed by atoms with Crippen molar-refractivity contribution in [3.8, 4) is 0 Å². The molecular weight excluding hydrogens is 468 g/mol. The van der Waals surface area contributed by atoms with Gasteiger partial charge < -0.3 is 19.4 Å². The van der Waals surface area contributed by atoms with E-state index in [4.69, 9.17) is 4.74 Å². The minimum absolute atomic E-state index is 0.265. The zero-order valence-corrected chi connectivity index (χ0v) is 21.9. The maximum absolute atomic E-state index is 13.9. The van der Waals surface area contributed by atoms with Crippen LogP contribution in [0.2, 0.25) is 0 Å². The average molecular weight is 501 g/mol. The number of hydrogen-bond acceptors (Lipinski definition) is 6. The molecule has 3 amide bonds. The van der Waals surface area contributed by atoms with E-state index in [-0.39, 0.29) is 17.9 Å². The number of ether oxygens (including phenoxy) is 1. The number of benzene rings is 3. The summed E-state index contributed by atoms with van der Waals surface area (Å²) in [6, 6.07) is 13.2. The number of piperidine rings is 1. The van der Waals surface area contributed by atoms with Gasteiger partial charge >= 0.3 is 0 Å². The Bertz CT molecular complexity index is 1390. The van der Waals surface area contributed by atoms with Crippen molar-refractivity contribution in [3.05, 3.63) is 59.2 Å². The first kappa shape index (κ1) is 24.8. The van der Waals surface area contributed by atoms with Crippen molar-refractivity contribution in [2.24, 2.45) is 0 Å². The number of rotatable bonds is 6. The minimum Gasteiger partial charge on any atom is -0.381 e. The quantitative estimate of drug-likeness (QED) is 0.373. The van der Waals surface area contributed by atoms with Crippen LogP contribution < -0.4 is 19.6 Å². The molecule has 0 spiro atoms. The van der Waals surface area contributed by atoms with Gasteiger partial charge in [0.1, 0.15) is 0 Å². The lowest BCUT2D eigenvalue weighted by Crippen LogP contribution is -2.41. The SMILES string of the molecule is COC1CCN(c2ccc3c4c(cccc24)C(=O)N(c2cc(N(C)C)c(N(C)C=O)cc2C)C3=O)CC1. The maximum atomic E-state index is 13.9. The van der Waals surface area contributed by atoms with Crippen molar-refractivity contribution >= 4 is 51.7 Å². The topological polar surface area (TPSA) is 73.4 Å². The van der Waals surface area contributed by atoms with Gasteiger partial charge in [-0.1, -0.05) is 12.1 Å². The van der Waals surface area contributed by atoms with Gasteiger partial charge in [-0.05, 0) is 55.7 Å². The first-order chi connectivity index (χ1) is 17.8. The van der Waals surface area contributed by atoms with E-state index in [0.29, 0.717) is 27.9 Å². The first-order valence-electron chi connectivity index (χ1n) is 12.5. The largest absolute Gasteiger partial charge is 0.381 e. The summed E-state index contributed by atoms with van der Waals surface area (Å²) < 4.78 is 5.52. The summed E-state index contributed by atoms with van der Waals surface area (Å²) in [5, 5.41) is 1.63. The number of imide groups is 1.